The maximum atomic E-state index is 12.8. The van der Waals surface area contributed by atoms with Gasteiger partial charge < -0.3 is 14.4 Å². The molecule has 198 valence electrons. The Balaban J connectivity index is 1.11. The van der Waals surface area contributed by atoms with E-state index >= 15 is 0 Å². The van der Waals surface area contributed by atoms with Gasteiger partial charge >= 0.3 is 0 Å². The Morgan fingerprint density at radius 2 is 1.61 bits per heavy atom. The molecule has 0 N–H and O–H groups in total. The molecule has 2 heterocycles. The highest BCUT2D eigenvalue weighted by Crippen LogP contribution is 2.31. The number of nitrogens with zero attached hydrogens (tertiary/aromatic N) is 2. The van der Waals surface area contributed by atoms with E-state index in [2.05, 4.69) is 34.1 Å². The van der Waals surface area contributed by atoms with Gasteiger partial charge in [-0.05, 0) is 78.8 Å². The molecule has 0 spiro atoms. The number of hydrogen-bond acceptors (Lipinski definition) is 6. The summed E-state index contributed by atoms with van der Waals surface area (Å²) >= 11 is 0. The number of aromatic nitrogens is 1. The van der Waals surface area contributed by atoms with Gasteiger partial charge in [0.1, 0.15) is 29.0 Å². The van der Waals surface area contributed by atoms with E-state index in [9.17, 15) is 9.59 Å². The summed E-state index contributed by atoms with van der Waals surface area (Å²) in [7, 11) is 0. The van der Waals surface area contributed by atoms with Crippen molar-refractivity contribution in [2.24, 2.45) is 5.92 Å². The van der Waals surface area contributed by atoms with E-state index in [1.807, 2.05) is 31.2 Å². The van der Waals surface area contributed by atoms with E-state index in [4.69, 9.17) is 9.47 Å². The van der Waals surface area contributed by atoms with Gasteiger partial charge in [0.15, 0.2) is 11.6 Å². The fourth-order valence-electron chi connectivity index (χ4n) is 4.81. The Bertz CT molecular complexity index is 1250. The molecule has 5 rings (SSSR count). The fourth-order valence-corrected chi connectivity index (χ4v) is 4.81. The van der Waals surface area contributed by atoms with Crippen LogP contribution in [0.25, 0.3) is 0 Å². The molecule has 38 heavy (non-hydrogen) atoms. The molecule has 2 aliphatic rings. The van der Waals surface area contributed by atoms with Crippen LogP contribution in [0.1, 0.15) is 78.4 Å². The molecule has 3 aromatic rings. The topological polar surface area (TPSA) is 68.7 Å². The number of ether oxygens (including phenoxy) is 2. The third kappa shape index (κ3) is 6.60. The number of ketones is 2. The second kappa shape index (κ2) is 11.8. The summed E-state index contributed by atoms with van der Waals surface area (Å²) in [4.78, 5) is 31.4. The van der Waals surface area contributed by atoms with Crippen molar-refractivity contribution in [1.29, 1.82) is 0 Å². The first-order valence-electron chi connectivity index (χ1n) is 13.8. The monoisotopic (exact) mass is 512 g/mol. The van der Waals surface area contributed by atoms with Crippen molar-refractivity contribution < 1.29 is 19.1 Å². The first kappa shape index (κ1) is 26.0. The molecular weight excluding hydrogens is 476 g/mol. The summed E-state index contributed by atoms with van der Waals surface area (Å²) in [5.74, 6) is 2.46. The second-order valence-corrected chi connectivity index (χ2v) is 10.5. The van der Waals surface area contributed by atoms with Gasteiger partial charge in [0.05, 0.1) is 13.2 Å². The molecule has 1 saturated heterocycles. The number of benzene rings is 2. The van der Waals surface area contributed by atoms with E-state index in [0.29, 0.717) is 24.2 Å². The zero-order valence-corrected chi connectivity index (χ0v) is 22.3. The van der Waals surface area contributed by atoms with Crippen LogP contribution >= 0.6 is 0 Å². The molecule has 2 atom stereocenters. The fraction of sp³-hybridized carbons (Fsp3) is 0.406. The molecule has 2 aromatic carbocycles. The molecule has 1 aliphatic heterocycles. The van der Waals surface area contributed by atoms with E-state index < -0.39 is 0 Å². The average molecular weight is 513 g/mol. The maximum absolute atomic E-state index is 12.8. The molecular formula is C32H36N2O4. The van der Waals surface area contributed by atoms with Crippen molar-refractivity contribution in [3.05, 3.63) is 83.7 Å². The van der Waals surface area contributed by atoms with Crippen LogP contribution in [0.5, 0.6) is 11.5 Å². The number of carbonyl (C=O) groups is 2. The van der Waals surface area contributed by atoms with Crippen LogP contribution in [0.4, 0.5) is 5.69 Å². The number of hydrogen-bond donors (Lipinski definition) is 0. The molecule has 6 heteroatoms. The largest absolute Gasteiger partial charge is 0.493 e. The normalized spacial score (nSPS) is 17.7. The first-order valence-corrected chi connectivity index (χ1v) is 13.8. The molecule has 1 aliphatic carbocycles. The maximum Gasteiger partial charge on any atom is 0.181 e. The lowest BCUT2D eigenvalue weighted by atomic mass is 9.94. The number of anilines is 1. The summed E-state index contributed by atoms with van der Waals surface area (Å²) in [5, 5.41) is 0. The van der Waals surface area contributed by atoms with Crippen LogP contribution in [0, 0.1) is 5.92 Å². The lowest BCUT2D eigenvalue weighted by Crippen LogP contribution is -2.24. The minimum absolute atomic E-state index is 0.0297. The molecule has 0 bridgehead atoms. The molecule has 1 unspecified atom stereocenters. The van der Waals surface area contributed by atoms with Crippen LogP contribution in [-0.4, -0.2) is 42.4 Å². The van der Waals surface area contributed by atoms with Gasteiger partial charge in [0.2, 0.25) is 0 Å². The summed E-state index contributed by atoms with van der Waals surface area (Å²) in [6.07, 6.45) is 4.40. The first-order chi connectivity index (χ1) is 18.5. The van der Waals surface area contributed by atoms with Crippen LogP contribution < -0.4 is 14.4 Å². The van der Waals surface area contributed by atoms with Crippen LogP contribution in [-0.2, 0) is 0 Å². The van der Waals surface area contributed by atoms with E-state index in [-0.39, 0.29) is 23.6 Å². The summed E-state index contributed by atoms with van der Waals surface area (Å²) in [6, 6.07) is 21.5. The third-order valence-corrected chi connectivity index (χ3v) is 7.41. The van der Waals surface area contributed by atoms with Crippen molar-refractivity contribution in [2.75, 3.05) is 24.6 Å². The van der Waals surface area contributed by atoms with Gasteiger partial charge in [-0.15, -0.1) is 0 Å². The van der Waals surface area contributed by atoms with Crippen molar-refractivity contribution in [2.45, 2.75) is 58.0 Å². The Morgan fingerprint density at radius 3 is 2.29 bits per heavy atom. The van der Waals surface area contributed by atoms with Crippen LogP contribution in [0.3, 0.4) is 0 Å². The lowest BCUT2D eigenvalue weighted by molar-refractivity contribution is 0.0969. The van der Waals surface area contributed by atoms with Crippen LogP contribution in [0.2, 0.25) is 0 Å². The van der Waals surface area contributed by atoms with Gasteiger partial charge in [-0.2, -0.15) is 0 Å². The predicted molar refractivity (Wildman–Crippen MR) is 149 cm³/mol. The van der Waals surface area contributed by atoms with E-state index in [0.717, 1.165) is 49.1 Å². The minimum Gasteiger partial charge on any atom is -0.493 e. The summed E-state index contributed by atoms with van der Waals surface area (Å²) in [6.45, 7) is 6.47. The van der Waals surface area contributed by atoms with Gasteiger partial charge in [-0.25, -0.2) is 4.98 Å². The van der Waals surface area contributed by atoms with Gasteiger partial charge in [0, 0.05) is 31.5 Å². The average Bonchev–Trinajstić information content (AvgIpc) is 3.68. The van der Waals surface area contributed by atoms with Crippen molar-refractivity contribution in [1.82, 2.24) is 4.98 Å². The van der Waals surface area contributed by atoms with Gasteiger partial charge in [0.25, 0.3) is 0 Å². The minimum atomic E-state index is -0.0582. The number of carbonyl (C=O) groups excluding carboxylic acids is 2. The second-order valence-electron chi connectivity index (χ2n) is 10.5. The smallest absolute Gasteiger partial charge is 0.181 e. The Hall–Kier alpha value is -3.67. The third-order valence-electron chi connectivity index (χ3n) is 7.41. The highest BCUT2D eigenvalue weighted by molar-refractivity contribution is 5.98. The molecule has 0 radical (unpaired) electrons. The van der Waals surface area contributed by atoms with E-state index in [1.165, 1.54) is 18.5 Å². The van der Waals surface area contributed by atoms with Crippen LogP contribution in [0.15, 0.2) is 66.7 Å². The number of Topliss-reactive ketones (excluding diaryl/α,β-unsaturated/α-hetero) is 2. The van der Waals surface area contributed by atoms with Gasteiger partial charge in [-0.3, -0.25) is 9.59 Å². The SMILES string of the molecule is CCC(=O)c1cccc(C(=O)C[C@@H](C)c2ccc(OC3CCN(c4ccc(OCC5CC5)cc4)C3)cc2)n1. The molecule has 6 nitrogen and oxygen atoms in total. The number of pyridine rings is 1. The molecule has 1 aromatic heterocycles. The highest BCUT2D eigenvalue weighted by atomic mass is 16.5. The zero-order chi connectivity index (χ0) is 26.5. The summed E-state index contributed by atoms with van der Waals surface area (Å²) in [5.41, 5.74) is 2.97. The summed E-state index contributed by atoms with van der Waals surface area (Å²) < 4.78 is 12.1. The van der Waals surface area contributed by atoms with Crippen molar-refractivity contribution in [3.8, 4) is 11.5 Å². The zero-order valence-electron chi connectivity index (χ0n) is 22.3. The molecule has 0 amide bonds. The molecule has 1 saturated carbocycles. The number of rotatable bonds is 12. The Morgan fingerprint density at radius 1 is 0.921 bits per heavy atom. The lowest BCUT2D eigenvalue weighted by Gasteiger charge is -2.20. The van der Waals surface area contributed by atoms with Gasteiger partial charge in [-0.1, -0.05) is 32.0 Å². The molecule has 2 fully saturated rings. The van der Waals surface area contributed by atoms with Crippen molar-refractivity contribution >= 4 is 17.3 Å². The Kier molecular flexibility index (Phi) is 8.06. The predicted octanol–water partition coefficient (Wildman–Crippen LogP) is 6.50. The standard InChI is InChI=1S/C32H36N2O4/c1-3-31(35)29-5-4-6-30(33-29)32(36)19-22(2)24-9-13-27(14-10-24)38-28-17-18-34(20-28)25-11-15-26(16-12-25)37-21-23-7-8-23/h4-6,9-16,22-23,28H,3,7-8,17-21H2,1-2H3/t22-,28?/m1/s1. The highest BCUT2D eigenvalue weighted by Gasteiger charge is 2.25. The quantitative estimate of drug-likeness (QED) is 0.258. The van der Waals surface area contributed by atoms with E-state index in [1.54, 1.807) is 25.1 Å². The van der Waals surface area contributed by atoms with Crippen molar-refractivity contribution in [3.63, 3.8) is 0 Å². The Labute approximate surface area is 225 Å².